The Morgan fingerprint density at radius 1 is 0.897 bits per heavy atom. The molecule has 7 nitrogen and oxygen atoms in total. The Bertz CT molecular complexity index is 854. The molecule has 1 heterocycles. The number of benzene rings is 2. The van der Waals surface area contributed by atoms with Crippen molar-refractivity contribution in [1.29, 1.82) is 0 Å². The zero-order valence-corrected chi connectivity index (χ0v) is 16.4. The molecule has 0 radical (unpaired) electrons. The van der Waals surface area contributed by atoms with E-state index in [-0.39, 0.29) is 11.8 Å². The maximum absolute atomic E-state index is 12.8. The van der Waals surface area contributed by atoms with Crippen LogP contribution in [0.1, 0.15) is 42.5 Å². The van der Waals surface area contributed by atoms with Crippen LogP contribution in [0, 0.1) is 0 Å². The zero-order chi connectivity index (χ0) is 20.5. The van der Waals surface area contributed by atoms with Gasteiger partial charge in [0.2, 0.25) is 5.91 Å². The lowest BCUT2D eigenvalue weighted by Gasteiger charge is -2.19. The summed E-state index contributed by atoms with van der Waals surface area (Å²) in [5, 5.41) is 5.70. The molecule has 0 aromatic heterocycles. The highest BCUT2D eigenvalue weighted by atomic mass is 16.6. The standard InChI is InChI=1S/C22H27N3O4/c23-12-6-2-1-3-9-21(26)25-18-8-5-4-7-17(18)22(27)24-16-10-11-19-20(15-16)29-14-13-28-19/h4-5,7-8,10-11,15H,1-3,6,9,12-14,23H2,(H,24,27)(H,25,26). The molecule has 29 heavy (non-hydrogen) atoms. The summed E-state index contributed by atoms with van der Waals surface area (Å²) in [7, 11) is 0. The summed E-state index contributed by atoms with van der Waals surface area (Å²) in [5.41, 5.74) is 6.97. The first-order chi connectivity index (χ1) is 14.2. The number of anilines is 2. The van der Waals surface area contributed by atoms with Gasteiger partial charge in [-0.25, -0.2) is 0 Å². The largest absolute Gasteiger partial charge is 0.486 e. The Morgan fingerprint density at radius 3 is 2.48 bits per heavy atom. The van der Waals surface area contributed by atoms with E-state index in [1.165, 1.54) is 0 Å². The van der Waals surface area contributed by atoms with E-state index in [0.717, 1.165) is 25.7 Å². The summed E-state index contributed by atoms with van der Waals surface area (Å²) in [6.07, 6.45) is 4.19. The van der Waals surface area contributed by atoms with Crippen molar-refractivity contribution in [3.05, 3.63) is 48.0 Å². The van der Waals surface area contributed by atoms with E-state index < -0.39 is 0 Å². The number of amides is 2. The van der Waals surface area contributed by atoms with Crippen molar-refractivity contribution in [3.63, 3.8) is 0 Å². The average molecular weight is 397 g/mol. The third-order valence-corrected chi connectivity index (χ3v) is 4.60. The Hall–Kier alpha value is -3.06. The van der Waals surface area contributed by atoms with E-state index in [0.29, 0.717) is 54.6 Å². The predicted molar refractivity (Wildman–Crippen MR) is 113 cm³/mol. The Balaban J connectivity index is 1.60. The minimum absolute atomic E-state index is 0.0997. The lowest BCUT2D eigenvalue weighted by atomic mass is 10.1. The van der Waals surface area contributed by atoms with Crippen molar-refractivity contribution in [2.45, 2.75) is 32.1 Å². The van der Waals surface area contributed by atoms with Crippen molar-refractivity contribution in [2.75, 3.05) is 30.4 Å². The van der Waals surface area contributed by atoms with Crippen LogP contribution in [0.15, 0.2) is 42.5 Å². The van der Waals surface area contributed by atoms with Gasteiger partial charge >= 0.3 is 0 Å². The molecule has 0 atom stereocenters. The Morgan fingerprint density at radius 2 is 1.66 bits per heavy atom. The van der Waals surface area contributed by atoms with E-state index in [1.807, 2.05) is 0 Å². The van der Waals surface area contributed by atoms with E-state index in [9.17, 15) is 9.59 Å². The number of hydrogen-bond donors (Lipinski definition) is 3. The fourth-order valence-corrected chi connectivity index (χ4v) is 3.11. The van der Waals surface area contributed by atoms with Gasteiger partial charge in [-0.3, -0.25) is 9.59 Å². The van der Waals surface area contributed by atoms with Gasteiger partial charge < -0.3 is 25.8 Å². The van der Waals surface area contributed by atoms with Crippen LogP contribution in [0.3, 0.4) is 0 Å². The molecule has 0 fully saturated rings. The third kappa shape index (κ3) is 5.96. The molecule has 0 aliphatic carbocycles. The summed E-state index contributed by atoms with van der Waals surface area (Å²) < 4.78 is 11.0. The van der Waals surface area contributed by atoms with Crippen molar-refractivity contribution in [1.82, 2.24) is 0 Å². The molecule has 3 rings (SSSR count). The fraction of sp³-hybridized carbons (Fsp3) is 0.364. The molecular formula is C22H27N3O4. The van der Waals surface area contributed by atoms with Crippen LogP contribution >= 0.6 is 0 Å². The molecule has 1 aliphatic heterocycles. The average Bonchev–Trinajstić information content (AvgIpc) is 2.74. The van der Waals surface area contributed by atoms with Crippen LogP contribution in [0.5, 0.6) is 11.5 Å². The number of carbonyl (C=O) groups excluding carboxylic acids is 2. The summed E-state index contributed by atoms with van der Waals surface area (Å²) in [6, 6.07) is 12.2. The molecule has 154 valence electrons. The summed E-state index contributed by atoms with van der Waals surface area (Å²) >= 11 is 0. The first-order valence-corrected chi connectivity index (χ1v) is 9.97. The number of para-hydroxylation sites is 1. The maximum Gasteiger partial charge on any atom is 0.257 e. The number of nitrogens with one attached hydrogen (secondary N) is 2. The second kappa shape index (κ2) is 10.5. The monoisotopic (exact) mass is 397 g/mol. The molecule has 1 aliphatic rings. The molecule has 2 amide bonds. The number of ether oxygens (including phenoxy) is 2. The quantitative estimate of drug-likeness (QED) is 0.562. The highest BCUT2D eigenvalue weighted by molar-refractivity contribution is 6.10. The van der Waals surface area contributed by atoms with E-state index >= 15 is 0 Å². The predicted octanol–water partition coefficient (Wildman–Crippen LogP) is 3.56. The lowest BCUT2D eigenvalue weighted by molar-refractivity contribution is -0.116. The number of fused-ring (bicyclic) bond motifs is 1. The number of nitrogens with two attached hydrogens (primary N) is 1. The highest BCUT2D eigenvalue weighted by Crippen LogP contribution is 2.32. The van der Waals surface area contributed by atoms with Crippen LogP contribution in [-0.4, -0.2) is 31.6 Å². The van der Waals surface area contributed by atoms with E-state index in [4.69, 9.17) is 15.2 Å². The minimum Gasteiger partial charge on any atom is -0.486 e. The van der Waals surface area contributed by atoms with Crippen LogP contribution in [0.25, 0.3) is 0 Å². The number of rotatable bonds is 9. The topological polar surface area (TPSA) is 103 Å². The highest BCUT2D eigenvalue weighted by Gasteiger charge is 2.16. The molecule has 0 bridgehead atoms. The minimum atomic E-state index is -0.305. The third-order valence-electron chi connectivity index (χ3n) is 4.60. The van der Waals surface area contributed by atoms with Gasteiger partial charge in [0.15, 0.2) is 11.5 Å². The van der Waals surface area contributed by atoms with E-state index in [1.54, 1.807) is 42.5 Å². The molecule has 0 saturated carbocycles. The van der Waals surface area contributed by atoms with Gasteiger partial charge in [0.1, 0.15) is 13.2 Å². The van der Waals surface area contributed by atoms with Crippen LogP contribution in [0.2, 0.25) is 0 Å². The van der Waals surface area contributed by atoms with Gasteiger partial charge in [0.25, 0.3) is 5.91 Å². The smallest absolute Gasteiger partial charge is 0.257 e. The fourth-order valence-electron chi connectivity index (χ4n) is 3.11. The number of unbranched alkanes of at least 4 members (excludes halogenated alkanes) is 3. The molecule has 0 unspecified atom stereocenters. The Labute approximate surface area is 170 Å². The number of carbonyl (C=O) groups is 2. The van der Waals surface area contributed by atoms with Gasteiger partial charge in [-0.1, -0.05) is 25.0 Å². The Kier molecular flexibility index (Phi) is 7.47. The number of hydrogen-bond acceptors (Lipinski definition) is 5. The second-order valence-corrected chi connectivity index (χ2v) is 6.86. The molecule has 7 heteroatoms. The summed E-state index contributed by atoms with van der Waals surface area (Å²) in [4.78, 5) is 25.0. The van der Waals surface area contributed by atoms with Crippen molar-refractivity contribution < 1.29 is 19.1 Å². The lowest BCUT2D eigenvalue weighted by Crippen LogP contribution is -2.18. The van der Waals surface area contributed by atoms with Gasteiger partial charge in [-0.05, 0) is 43.7 Å². The normalized spacial score (nSPS) is 12.3. The molecule has 4 N–H and O–H groups in total. The molecule has 0 saturated heterocycles. The van der Waals surface area contributed by atoms with Crippen molar-refractivity contribution in [3.8, 4) is 11.5 Å². The van der Waals surface area contributed by atoms with Gasteiger partial charge in [-0.15, -0.1) is 0 Å². The van der Waals surface area contributed by atoms with E-state index in [2.05, 4.69) is 10.6 Å². The van der Waals surface area contributed by atoms with Crippen LogP contribution in [0.4, 0.5) is 11.4 Å². The van der Waals surface area contributed by atoms with Crippen LogP contribution < -0.4 is 25.8 Å². The molecule has 2 aromatic rings. The second-order valence-electron chi connectivity index (χ2n) is 6.86. The summed E-state index contributed by atoms with van der Waals surface area (Å²) in [5.74, 6) is 0.858. The molecular weight excluding hydrogens is 370 g/mol. The molecule has 0 spiro atoms. The van der Waals surface area contributed by atoms with Gasteiger partial charge in [-0.2, -0.15) is 0 Å². The van der Waals surface area contributed by atoms with Crippen LogP contribution in [-0.2, 0) is 4.79 Å². The first-order valence-electron chi connectivity index (χ1n) is 9.97. The SMILES string of the molecule is NCCCCCCC(=O)Nc1ccccc1C(=O)Nc1ccc2c(c1)OCCO2. The van der Waals surface area contributed by atoms with Gasteiger partial charge in [0.05, 0.1) is 11.3 Å². The summed E-state index contributed by atoms with van der Waals surface area (Å²) in [6.45, 7) is 1.67. The molecule has 2 aromatic carbocycles. The zero-order valence-electron chi connectivity index (χ0n) is 16.4. The van der Waals surface area contributed by atoms with Crippen molar-refractivity contribution in [2.24, 2.45) is 5.73 Å². The van der Waals surface area contributed by atoms with Gasteiger partial charge in [0, 0.05) is 18.2 Å². The van der Waals surface area contributed by atoms with Crippen molar-refractivity contribution >= 4 is 23.2 Å². The maximum atomic E-state index is 12.8. The first kappa shape index (κ1) is 20.7.